The average Bonchev–Trinajstić information content (AvgIpc) is 2.61. The summed E-state index contributed by atoms with van der Waals surface area (Å²) in [5.74, 6) is -0.588. The lowest BCUT2D eigenvalue weighted by Crippen LogP contribution is -2.61. The third kappa shape index (κ3) is 1.38. The summed E-state index contributed by atoms with van der Waals surface area (Å²) in [7, 11) is 0. The molecule has 19 heavy (non-hydrogen) atoms. The van der Waals surface area contributed by atoms with Crippen LogP contribution in [0.15, 0.2) is 36.5 Å². The Bertz CT molecular complexity index is 520. The van der Waals surface area contributed by atoms with Crippen LogP contribution in [0.3, 0.4) is 0 Å². The summed E-state index contributed by atoms with van der Waals surface area (Å²) in [5.41, 5.74) is -1.02. The summed E-state index contributed by atoms with van der Waals surface area (Å²) >= 11 is 0. The molecule has 0 aromatic carbocycles. The van der Waals surface area contributed by atoms with E-state index >= 15 is 0 Å². The molecule has 0 radical (unpaired) electrons. The maximum atomic E-state index is 11.6. The van der Waals surface area contributed by atoms with Crippen LogP contribution in [-0.2, 0) is 9.53 Å². The lowest BCUT2D eigenvalue weighted by Gasteiger charge is -2.55. The van der Waals surface area contributed by atoms with Gasteiger partial charge in [-0.2, -0.15) is 0 Å². The minimum absolute atomic E-state index is 0.193. The van der Waals surface area contributed by atoms with Crippen LogP contribution in [0.2, 0.25) is 0 Å². The number of hydrogen-bond donors (Lipinski definition) is 2. The van der Waals surface area contributed by atoms with Gasteiger partial charge in [-0.25, -0.2) is 4.79 Å². The zero-order valence-electron chi connectivity index (χ0n) is 10.9. The summed E-state index contributed by atoms with van der Waals surface area (Å²) in [6.45, 7) is 9.48. The normalized spacial score (nSPS) is 48.8. The Kier molecular flexibility index (Phi) is 2.38. The number of fused-ring (bicyclic) bond motifs is 2. The standard InChI is InChI=1S/C15H18O4/c1-8-4-5-12(16)14(3)7-11-10(6-15(8,14)18)9(2)13(17)19-11/h4-5,10-12,16,18H,1-2,6-7H2,3H3. The van der Waals surface area contributed by atoms with Crippen molar-refractivity contribution in [3.8, 4) is 0 Å². The van der Waals surface area contributed by atoms with Gasteiger partial charge in [0.1, 0.15) is 6.10 Å². The summed E-state index contributed by atoms with van der Waals surface area (Å²) in [6.07, 6.45) is 2.94. The molecule has 5 unspecified atom stereocenters. The van der Waals surface area contributed by atoms with Gasteiger partial charge in [0.25, 0.3) is 0 Å². The molecule has 5 atom stereocenters. The van der Waals surface area contributed by atoms with E-state index in [1.807, 2.05) is 6.92 Å². The molecule has 1 saturated heterocycles. The molecule has 4 nitrogen and oxygen atoms in total. The SMILES string of the molecule is C=C1C(=O)OC2CC3(C)C(O)C=CC(=C)C3(O)CC12. The van der Waals surface area contributed by atoms with Crippen molar-refractivity contribution in [1.82, 2.24) is 0 Å². The smallest absolute Gasteiger partial charge is 0.334 e. The second-order valence-electron chi connectivity index (χ2n) is 6.09. The van der Waals surface area contributed by atoms with E-state index in [2.05, 4.69) is 13.2 Å². The van der Waals surface area contributed by atoms with Crippen molar-refractivity contribution in [3.05, 3.63) is 36.5 Å². The highest BCUT2D eigenvalue weighted by atomic mass is 16.6. The molecule has 2 aliphatic carbocycles. The zero-order valence-corrected chi connectivity index (χ0v) is 10.9. The van der Waals surface area contributed by atoms with E-state index in [1.165, 1.54) is 0 Å². The van der Waals surface area contributed by atoms with Crippen molar-refractivity contribution >= 4 is 5.97 Å². The third-order valence-corrected chi connectivity index (χ3v) is 5.17. The monoisotopic (exact) mass is 262 g/mol. The topological polar surface area (TPSA) is 66.8 Å². The first-order chi connectivity index (χ1) is 8.79. The van der Waals surface area contributed by atoms with E-state index in [9.17, 15) is 15.0 Å². The van der Waals surface area contributed by atoms with E-state index < -0.39 is 23.1 Å². The highest BCUT2D eigenvalue weighted by molar-refractivity contribution is 5.91. The van der Waals surface area contributed by atoms with Gasteiger partial charge in [-0.3, -0.25) is 0 Å². The van der Waals surface area contributed by atoms with Crippen LogP contribution in [0.4, 0.5) is 0 Å². The molecule has 4 heteroatoms. The molecule has 2 N–H and O–H groups in total. The first kappa shape index (κ1) is 12.6. The van der Waals surface area contributed by atoms with Crippen molar-refractivity contribution in [2.45, 2.75) is 37.6 Å². The molecule has 0 amide bonds. The molecule has 0 bridgehead atoms. The van der Waals surface area contributed by atoms with Gasteiger partial charge in [-0.05, 0) is 18.4 Å². The second-order valence-corrected chi connectivity index (χ2v) is 6.09. The fourth-order valence-electron chi connectivity index (χ4n) is 3.67. The predicted molar refractivity (Wildman–Crippen MR) is 69.1 cm³/mol. The highest BCUT2D eigenvalue weighted by Crippen LogP contribution is 2.57. The van der Waals surface area contributed by atoms with E-state index in [4.69, 9.17) is 4.74 Å². The van der Waals surface area contributed by atoms with Crippen molar-refractivity contribution < 1.29 is 19.7 Å². The molecule has 1 aliphatic heterocycles. The lowest BCUT2D eigenvalue weighted by atomic mass is 9.53. The maximum Gasteiger partial charge on any atom is 0.334 e. The zero-order chi connectivity index (χ0) is 14.0. The molecule has 0 spiro atoms. The Hall–Kier alpha value is -1.39. The van der Waals surface area contributed by atoms with Gasteiger partial charge in [0.15, 0.2) is 0 Å². The van der Waals surface area contributed by atoms with Crippen LogP contribution in [0.1, 0.15) is 19.8 Å². The molecule has 3 rings (SSSR count). The number of carbonyl (C=O) groups excluding carboxylic acids is 1. The van der Waals surface area contributed by atoms with E-state index in [0.29, 0.717) is 24.0 Å². The minimum atomic E-state index is -1.22. The minimum Gasteiger partial charge on any atom is -0.458 e. The number of ether oxygens (including phenoxy) is 1. The lowest BCUT2D eigenvalue weighted by molar-refractivity contribution is -0.168. The summed E-state index contributed by atoms with van der Waals surface area (Å²) < 4.78 is 5.31. The second kappa shape index (κ2) is 3.58. The summed E-state index contributed by atoms with van der Waals surface area (Å²) in [5, 5.41) is 21.3. The van der Waals surface area contributed by atoms with Crippen LogP contribution in [-0.4, -0.2) is 34.0 Å². The first-order valence-electron chi connectivity index (χ1n) is 6.47. The maximum absolute atomic E-state index is 11.6. The van der Waals surface area contributed by atoms with Crippen LogP contribution in [0.25, 0.3) is 0 Å². The molecule has 2 fully saturated rings. The fourth-order valence-corrected chi connectivity index (χ4v) is 3.67. The Labute approximate surface area is 112 Å². The van der Waals surface area contributed by atoms with Crippen molar-refractivity contribution in [1.29, 1.82) is 0 Å². The van der Waals surface area contributed by atoms with E-state index in [1.54, 1.807) is 12.2 Å². The Balaban J connectivity index is 2.06. The van der Waals surface area contributed by atoms with Crippen molar-refractivity contribution in [3.63, 3.8) is 0 Å². The van der Waals surface area contributed by atoms with Crippen LogP contribution in [0, 0.1) is 11.3 Å². The molecular formula is C15H18O4. The predicted octanol–water partition coefficient (Wildman–Crippen LogP) is 1.10. The molecule has 0 aromatic heterocycles. The largest absolute Gasteiger partial charge is 0.458 e. The van der Waals surface area contributed by atoms with Gasteiger partial charge in [-0.1, -0.05) is 32.2 Å². The van der Waals surface area contributed by atoms with Gasteiger partial charge in [-0.15, -0.1) is 0 Å². The number of carbonyl (C=O) groups is 1. The van der Waals surface area contributed by atoms with Gasteiger partial charge < -0.3 is 14.9 Å². The third-order valence-electron chi connectivity index (χ3n) is 5.17. The van der Waals surface area contributed by atoms with E-state index in [-0.39, 0.29) is 12.0 Å². The molecule has 0 aromatic rings. The number of hydrogen-bond acceptors (Lipinski definition) is 4. The molecule has 1 heterocycles. The number of aliphatic hydroxyl groups excluding tert-OH is 1. The number of esters is 1. The summed E-state index contributed by atoms with van der Waals surface area (Å²) in [4.78, 5) is 11.6. The van der Waals surface area contributed by atoms with Crippen molar-refractivity contribution in [2.24, 2.45) is 11.3 Å². The van der Waals surface area contributed by atoms with Crippen LogP contribution in [0.5, 0.6) is 0 Å². The molecular weight excluding hydrogens is 244 g/mol. The molecule has 3 aliphatic rings. The molecule has 102 valence electrons. The number of rotatable bonds is 0. The number of aliphatic hydroxyl groups is 2. The molecule has 1 saturated carbocycles. The van der Waals surface area contributed by atoms with Crippen LogP contribution >= 0.6 is 0 Å². The Morgan fingerprint density at radius 1 is 1.42 bits per heavy atom. The van der Waals surface area contributed by atoms with Crippen molar-refractivity contribution in [2.75, 3.05) is 0 Å². The van der Waals surface area contributed by atoms with Gasteiger partial charge in [0.05, 0.1) is 11.7 Å². The van der Waals surface area contributed by atoms with E-state index in [0.717, 1.165) is 0 Å². The Morgan fingerprint density at radius 3 is 2.79 bits per heavy atom. The van der Waals surface area contributed by atoms with Gasteiger partial charge in [0, 0.05) is 16.9 Å². The average molecular weight is 262 g/mol. The summed E-state index contributed by atoms with van der Waals surface area (Å²) in [6, 6.07) is 0. The first-order valence-corrected chi connectivity index (χ1v) is 6.47. The Morgan fingerprint density at radius 2 is 2.11 bits per heavy atom. The van der Waals surface area contributed by atoms with Gasteiger partial charge in [0.2, 0.25) is 0 Å². The van der Waals surface area contributed by atoms with Crippen LogP contribution < -0.4 is 0 Å². The van der Waals surface area contributed by atoms with Gasteiger partial charge >= 0.3 is 5.97 Å². The highest BCUT2D eigenvalue weighted by Gasteiger charge is 2.62. The quantitative estimate of drug-likeness (QED) is 0.507. The fraction of sp³-hybridized carbons (Fsp3) is 0.533.